The number of benzene rings is 1. The van der Waals surface area contributed by atoms with Crippen molar-refractivity contribution < 1.29 is 14.1 Å². The fourth-order valence-electron chi connectivity index (χ4n) is 2.72. The van der Waals surface area contributed by atoms with Crippen molar-refractivity contribution in [3.05, 3.63) is 66.1 Å². The fourth-order valence-corrected chi connectivity index (χ4v) is 2.72. The van der Waals surface area contributed by atoms with Gasteiger partial charge in [-0.15, -0.1) is 0 Å². The predicted molar refractivity (Wildman–Crippen MR) is 88.0 cm³/mol. The third kappa shape index (κ3) is 3.10. The number of aromatic nitrogens is 2. The van der Waals surface area contributed by atoms with Gasteiger partial charge in [0.2, 0.25) is 6.54 Å². The molecule has 25 heavy (non-hydrogen) atoms. The fraction of sp³-hybridized carbons (Fsp3) is 0.333. The quantitative estimate of drug-likeness (QED) is 0.607. The first-order valence-corrected chi connectivity index (χ1v) is 7.20. The molecule has 1 atom stereocenters. The summed E-state index contributed by atoms with van der Waals surface area (Å²) in [4.78, 5) is 35.0. The van der Waals surface area contributed by atoms with Crippen LogP contribution in [0.2, 0.25) is 0 Å². The van der Waals surface area contributed by atoms with Gasteiger partial charge in [-0.3, -0.25) is 24.0 Å². The second-order valence-corrected chi connectivity index (χ2v) is 5.43. The predicted octanol–water partition coefficient (Wildman–Crippen LogP) is 0.222. The summed E-state index contributed by atoms with van der Waals surface area (Å²) in [6.45, 7) is -0.797. The summed E-state index contributed by atoms with van der Waals surface area (Å²) < 4.78 is 21.3. The van der Waals surface area contributed by atoms with Gasteiger partial charge < -0.3 is 10.5 Å². The van der Waals surface area contributed by atoms with Crippen LogP contribution in [0, 0.1) is 15.9 Å². The van der Waals surface area contributed by atoms with Crippen molar-refractivity contribution in [1.82, 2.24) is 9.13 Å². The number of methoxy groups -OCH3 is 1. The molecule has 0 fully saturated rings. The smallest absolute Gasteiger partial charge is 0.332 e. The Kier molecular flexibility index (Phi) is 4.91. The van der Waals surface area contributed by atoms with Crippen LogP contribution in [0.3, 0.4) is 0 Å². The van der Waals surface area contributed by atoms with Crippen LogP contribution >= 0.6 is 0 Å². The van der Waals surface area contributed by atoms with E-state index in [0.29, 0.717) is 0 Å². The van der Waals surface area contributed by atoms with Crippen molar-refractivity contribution in [1.29, 1.82) is 0 Å². The molecular weight excluding hydrogens is 335 g/mol. The van der Waals surface area contributed by atoms with Gasteiger partial charge in [0, 0.05) is 24.6 Å². The molecule has 1 heterocycles. The summed E-state index contributed by atoms with van der Waals surface area (Å²) in [5, 5.41) is 11.2. The summed E-state index contributed by atoms with van der Waals surface area (Å²) in [5.41, 5.74) is 3.97. The van der Waals surface area contributed by atoms with E-state index in [1.165, 1.54) is 33.3 Å². The number of nitrogen functional groups attached to an aromatic ring is 1. The molecule has 9 nitrogen and oxygen atoms in total. The Balaban J connectivity index is 2.90. The zero-order valence-corrected chi connectivity index (χ0v) is 13.9. The maximum atomic E-state index is 14.4. The second kappa shape index (κ2) is 6.75. The molecule has 2 N–H and O–H groups in total. The van der Waals surface area contributed by atoms with Crippen LogP contribution in [0.15, 0.2) is 27.8 Å². The van der Waals surface area contributed by atoms with Gasteiger partial charge in [-0.05, 0) is 12.1 Å². The lowest BCUT2D eigenvalue weighted by Crippen LogP contribution is -2.42. The lowest BCUT2D eigenvalue weighted by Gasteiger charge is -2.20. The van der Waals surface area contributed by atoms with E-state index in [1.807, 2.05) is 0 Å². The van der Waals surface area contributed by atoms with Gasteiger partial charge in [-0.2, -0.15) is 0 Å². The number of nitrogens with two attached hydrogens (primary N) is 1. The number of nitrogens with zero attached hydrogens (tertiary/aromatic N) is 3. The van der Waals surface area contributed by atoms with Crippen molar-refractivity contribution in [3.63, 3.8) is 0 Å². The molecule has 0 saturated heterocycles. The molecule has 2 rings (SSSR count). The van der Waals surface area contributed by atoms with Gasteiger partial charge in [0.05, 0.1) is 18.6 Å². The Hall–Kier alpha value is -3.17. The highest BCUT2D eigenvalue weighted by molar-refractivity contribution is 5.50. The number of anilines is 1. The highest BCUT2D eigenvalue weighted by Crippen LogP contribution is 2.34. The normalized spacial score (nSPS) is 12.0. The van der Waals surface area contributed by atoms with E-state index in [2.05, 4.69) is 0 Å². The zero-order valence-electron chi connectivity index (χ0n) is 13.9. The summed E-state index contributed by atoms with van der Waals surface area (Å²) in [6.07, 6.45) is 0. The van der Waals surface area contributed by atoms with E-state index in [9.17, 15) is 24.1 Å². The van der Waals surface area contributed by atoms with Gasteiger partial charge in [0.25, 0.3) is 5.56 Å². The van der Waals surface area contributed by atoms with Crippen LogP contribution in [0.5, 0.6) is 5.75 Å². The maximum absolute atomic E-state index is 14.4. The van der Waals surface area contributed by atoms with Crippen molar-refractivity contribution in [2.45, 2.75) is 5.92 Å². The lowest BCUT2D eigenvalue weighted by molar-refractivity contribution is -0.481. The summed E-state index contributed by atoms with van der Waals surface area (Å²) in [5.74, 6) is -2.31. The molecule has 0 aliphatic heterocycles. The number of rotatable bonds is 5. The summed E-state index contributed by atoms with van der Waals surface area (Å²) in [6, 6.07) is 3.91. The molecule has 0 spiro atoms. The Morgan fingerprint density at radius 3 is 2.48 bits per heavy atom. The Morgan fingerprint density at radius 1 is 1.28 bits per heavy atom. The molecular formula is C15H17FN4O5. The Morgan fingerprint density at radius 2 is 1.92 bits per heavy atom. The van der Waals surface area contributed by atoms with E-state index in [0.717, 1.165) is 15.2 Å². The van der Waals surface area contributed by atoms with Crippen LogP contribution in [0.25, 0.3) is 0 Å². The van der Waals surface area contributed by atoms with Gasteiger partial charge in [-0.25, -0.2) is 9.18 Å². The molecule has 134 valence electrons. The van der Waals surface area contributed by atoms with Crippen LogP contribution < -0.4 is 21.7 Å². The van der Waals surface area contributed by atoms with E-state index in [-0.39, 0.29) is 22.7 Å². The molecule has 0 bridgehead atoms. The van der Waals surface area contributed by atoms with Crippen molar-refractivity contribution in [2.24, 2.45) is 14.1 Å². The highest BCUT2D eigenvalue weighted by Gasteiger charge is 2.32. The molecule has 0 amide bonds. The maximum Gasteiger partial charge on any atom is 0.332 e. The van der Waals surface area contributed by atoms with Crippen LogP contribution in [-0.2, 0) is 14.1 Å². The minimum atomic E-state index is -1.32. The average Bonchev–Trinajstić information content (AvgIpc) is 2.57. The first kappa shape index (κ1) is 18.2. The molecule has 1 aromatic carbocycles. The molecule has 0 aliphatic carbocycles. The minimum absolute atomic E-state index is 0.0437. The molecule has 0 aliphatic rings. The van der Waals surface area contributed by atoms with E-state index in [4.69, 9.17) is 10.5 Å². The number of nitro groups is 1. The molecule has 2 aromatic rings. The first-order chi connectivity index (χ1) is 11.7. The van der Waals surface area contributed by atoms with Crippen molar-refractivity contribution >= 4 is 5.82 Å². The number of ether oxygens (including phenoxy) is 1. The topological polar surface area (TPSA) is 122 Å². The van der Waals surface area contributed by atoms with Gasteiger partial charge in [-0.1, -0.05) is 6.07 Å². The standard InChI is InChI=1S/C15H17FN4O5/c1-18-13(17)12(14(21)19(2)15(18)22)8(7-20(23)24)11-9(16)5-4-6-10(11)25-3/h4-6,8H,7,17H2,1-3H3/t8-/m0/s1. The number of hydrogen-bond donors (Lipinski definition) is 1. The Labute approximate surface area is 141 Å². The minimum Gasteiger partial charge on any atom is -0.496 e. The van der Waals surface area contributed by atoms with Gasteiger partial charge in [0.1, 0.15) is 17.4 Å². The molecule has 0 radical (unpaired) electrons. The third-order valence-corrected chi connectivity index (χ3v) is 4.01. The van der Waals surface area contributed by atoms with E-state index >= 15 is 0 Å². The molecule has 10 heteroatoms. The number of hydrogen-bond acceptors (Lipinski definition) is 6. The van der Waals surface area contributed by atoms with Crippen molar-refractivity contribution in [3.8, 4) is 5.75 Å². The van der Waals surface area contributed by atoms with E-state index in [1.54, 1.807) is 0 Å². The monoisotopic (exact) mass is 352 g/mol. The van der Waals surface area contributed by atoms with Crippen LogP contribution in [0.1, 0.15) is 17.0 Å². The van der Waals surface area contributed by atoms with Gasteiger partial charge in [0.15, 0.2) is 0 Å². The third-order valence-electron chi connectivity index (χ3n) is 4.01. The van der Waals surface area contributed by atoms with Crippen LogP contribution in [-0.4, -0.2) is 27.7 Å². The van der Waals surface area contributed by atoms with E-state index < -0.39 is 34.5 Å². The number of halogens is 1. The van der Waals surface area contributed by atoms with Crippen LogP contribution in [0.4, 0.5) is 10.2 Å². The highest BCUT2D eigenvalue weighted by atomic mass is 19.1. The SMILES string of the molecule is COc1cccc(F)c1[C@H](C[N+](=O)[O-])c1c(N)n(C)c(=O)n(C)c1=O. The average molecular weight is 352 g/mol. The second-order valence-electron chi connectivity index (χ2n) is 5.43. The first-order valence-electron chi connectivity index (χ1n) is 7.20. The lowest BCUT2D eigenvalue weighted by atomic mass is 9.90. The van der Waals surface area contributed by atoms with Crippen molar-refractivity contribution in [2.75, 3.05) is 19.4 Å². The summed E-state index contributed by atoms with van der Waals surface area (Å²) >= 11 is 0. The van der Waals surface area contributed by atoms with Gasteiger partial charge >= 0.3 is 5.69 Å². The molecule has 0 saturated carbocycles. The largest absolute Gasteiger partial charge is 0.496 e. The molecule has 1 aromatic heterocycles. The Bertz CT molecular complexity index is 950. The summed E-state index contributed by atoms with van der Waals surface area (Å²) in [7, 11) is 3.82. The zero-order chi connectivity index (χ0) is 18.9. The molecule has 0 unspecified atom stereocenters.